The highest BCUT2D eigenvalue weighted by Crippen LogP contribution is 2.31. The highest BCUT2D eigenvalue weighted by molar-refractivity contribution is 5.81. The highest BCUT2D eigenvalue weighted by atomic mass is 16.5. The number of hydrogen-bond acceptors (Lipinski definition) is 3. The Hall–Kier alpha value is -1.55. The van der Waals surface area contributed by atoms with E-state index in [0.717, 1.165) is 12.0 Å². The van der Waals surface area contributed by atoms with Gasteiger partial charge in [0.2, 0.25) is 0 Å². The average Bonchev–Trinajstić information content (AvgIpc) is 2.35. The van der Waals surface area contributed by atoms with Crippen LogP contribution in [-0.2, 0) is 10.3 Å². The largest absolute Gasteiger partial charge is 0.496 e. The Morgan fingerprint density at radius 3 is 2.67 bits per heavy atom. The summed E-state index contributed by atoms with van der Waals surface area (Å²) in [7, 11) is 1.55. The van der Waals surface area contributed by atoms with E-state index in [1.165, 1.54) is 0 Å². The maximum absolute atomic E-state index is 11.6. The lowest BCUT2D eigenvalue weighted by Gasteiger charge is -2.28. The number of nitrogens with one attached hydrogen (secondary N) is 1. The summed E-state index contributed by atoms with van der Waals surface area (Å²) in [5.74, 6) is -0.311. The molecule has 2 N–H and O–H groups in total. The number of aryl methyl sites for hydroxylation is 1. The molecule has 0 heterocycles. The molecule has 1 aromatic rings. The Labute approximate surface area is 108 Å². The number of benzene rings is 1. The second-order valence-corrected chi connectivity index (χ2v) is 4.56. The van der Waals surface area contributed by atoms with Crippen molar-refractivity contribution < 1.29 is 14.6 Å². The van der Waals surface area contributed by atoms with Gasteiger partial charge in [0, 0.05) is 5.56 Å². The van der Waals surface area contributed by atoms with Crippen molar-refractivity contribution in [2.24, 2.45) is 0 Å². The van der Waals surface area contributed by atoms with Crippen LogP contribution in [0, 0.1) is 6.92 Å². The lowest BCUT2D eigenvalue weighted by Crippen LogP contribution is -2.47. The minimum atomic E-state index is -1.13. The maximum Gasteiger partial charge on any atom is 0.328 e. The first kappa shape index (κ1) is 14.5. The van der Waals surface area contributed by atoms with Crippen molar-refractivity contribution in [3.05, 3.63) is 29.3 Å². The molecule has 0 aromatic heterocycles. The zero-order chi connectivity index (χ0) is 13.8. The number of carboxylic acids is 1. The van der Waals surface area contributed by atoms with Crippen molar-refractivity contribution in [1.82, 2.24) is 5.32 Å². The van der Waals surface area contributed by atoms with Gasteiger partial charge in [0.15, 0.2) is 0 Å². The second kappa shape index (κ2) is 5.87. The van der Waals surface area contributed by atoms with Crippen LogP contribution >= 0.6 is 0 Å². The molecule has 0 aliphatic rings. The van der Waals surface area contributed by atoms with Gasteiger partial charge in [-0.1, -0.05) is 18.6 Å². The van der Waals surface area contributed by atoms with Gasteiger partial charge in [0.05, 0.1) is 7.11 Å². The van der Waals surface area contributed by atoms with Crippen LogP contribution in [0.2, 0.25) is 0 Å². The van der Waals surface area contributed by atoms with Crippen molar-refractivity contribution in [3.63, 3.8) is 0 Å². The van der Waals surface area contributed by atoms with Crippen molar-refractivity contribution in [2.75, 3.05) is 13.7 Å². The summed E-state index contributed by atoms with van der Waals surface area (Å²) in [5.41, 5.74) is 0.537. The van der Waals surface area contributed by atoms with Gasteiger partial charge in [-0.15, -0.1) is 0 Å². The standard InChI is InChI=1S/C14H21NO3/c1-5-8-15-14(3,13(16)17)11-9-10(2)6-7-12(11)18-4/h6-7,9,15H,5,8H2,1-4H3,(H,16,17). The molecule has 0 saturated carbocycles. The Bertz CT molecular complexity index is 431. The zero-order valence-corrected chi connectivity index (χ0v) is 11.4. The molecule has 1 unspecified atom stereocenters. The van der Waals surface area contributed by atoms with Gasteiger partial charge in [-0.3, -0.25) is 5.32 Å². The number of rotatable bonds is 6. The third kappa shape index (κ3) is 2.82. The molecule has 4 heteroatoms. The summed E-state index contributed by atoms with van der Waals surface area (Å²) in [5, 5.41) is 12.6. The number of methoxy groups -OCH3 is 1. The van der Waals surface area contributed by atoms with E-state index >= 15 is 0 Å². The topological polar surface area (TPSA) is 58.6 Å². The van der Waals surface area contributed by atoms with Crippen LogP contribution in [0.1, 0.15) is 31.4 Å². The van der Waals surface area contributed by atoms with Crippen molar-refractivity contribution in [3.8, 4) is 5.75 Å². The van der Waals surface area contributed by atoms with E-state index in [0.29, 0.717) is 17.9 Å². The van der Waals surface area contributed by atoms with Crippen LogP contribution in [0.3, 0.4) is 0 Å². The number of ether oxygens (including phenoxy) is 1. The van der Waals surface area contributed by atoms with Crippen LogP contribution in [0.15, 0.2) is 18.2 Å². The summed E-state index contributed by atoms with van der Waals surface area (Å²) >= 11 is 0. The maximum atomic E-state index is 11.6. The third-order valence-electron chi connectivity index (χ3n) is 3.05. The Morgan fingerprint density at radius 2 is 2.17 bits per heavy atom. The highest BCUT2D eigenvalue weighted by Gasteiger charge is 2.37. The van der Waals surface area contributed by atoms with Gasteiger partial charge < -0.3 is 9.84 Å². The summed E-state index contributed by atoms with van der Waals surface area (Å²) in [6, 6.07) is 5.57. The predicted molar refractivity (Wildman–Crippen MR) is 71.0 cm³/mol. The van der Waals surface area contributed by atoms with E-state index in [4.69, 9.17) is 4.74 Å². The Kier molecular flexibility index (Phi) is 4.73. The van der Waals surface area contributed by atoms with Crippen molar-refractivity contribution in [1.29, 1.82) is 0 Å². The van der Waals surface area contributed by atoms with E-state index in [9.17, 15) is 9.90 Å². The van der Waals surface area contributed by atoms with Gasteiger partial charge in [-0.25, -0.2) is 4.79 Å². The number of carboxylic acid groups (broad SMARTS) is 1. The first-order valence-electron chi connectivity index (χ1n) is 6.09. The molecule has 4 nitrogen and oxygen atoms in total. The first-order chi connectivity index (χ1) is 8.45. The molecule has 1 rings (SSSR count). The quantitative estimate of drug-likeness (QED) is 0.814. The minimum absolute atomic E-state index is 0.592. The summed E-state index contributed by atoms with van der Waals surface area (Å²) in [6.45, 7) is 6.25. The molecule has 18 heavy (non-hydrogen) atoms. The molecule has 0 spiro atoms. The Balaban J connectivity index is 3.28. The molecule has 0 aliphatic carbocycles. The van der Waals surface area contributed by atoms with Crippen LogP contribution in [-0.4, -0.2) is 24.7 Å². The average molecular weight is 251 g/mol. The van der Waals surface area contributed by atoms with Gasteiger partial charge in [0.1, 0.15) is 11.3 Å². The van der Waals surface area contributed by atoms with E-state index < -0.39 is 11.5 Å². The molecule has 0 saturated heterocycles. The van der Waals surface area contributed by atoms with Crippen LogP contribution < -0.4 is 10.1 Å². The fourth-order valence-corrected chi connectivity index (χ4v) is 1.87. The monoisotopic (exact) mass is 251 g/mol. The summed E-state index contributed by atoms with van der Waals surface area (Å²) in [4.78, 5) is 11.6. The zero-order valence-electron chi connectivity index (χ0n) is 11.4. The molecule has 1 aromatic carbocycles. The molecule has 1 atom stereocenters. The van der Waals surface area contributed by atoms with E-state index in [1.807, 2.05) is 26.0 Å². The van der Waals surface area contributed by atoms with Crippen LogP contribution in [0.4, 0.5) is 0 Å². The smallest absolute Gasteiger partial charge is 0.328 e. The molecular weight excluding hydrogens is 230 g/mol. The number of carbonyl (C=O) groups is 1. The van der Waals surface area contributed by atoms with E-state index in [-0.39, 0.29) is 0 Å². The molecule has 0 amide bonds. The fraction of sp³-hybridized carbons (Fsp3) is 0.500. The number of aliphatic carboxylic acids is 1. The van der Waals surface area contributed by atoms with Gasteiger partial charge in [0.25, 0.3) is 0 Å². The molecular formula is C14H21NO3. The summed E-state index contributed by atoms with van der Waals surface area (Å²) in [6.07, 6.45) is 0.872. The molecule has 0 fully saturated rings. The van der Waals surface area contributed by atoms with Gasteiger partial charge in [-0.2, -0.15) is 0 Å². The second-order valence-electron chi connectivity index (χ2n) is 4.56. The van der Waals surface area contributed by atoms with Gasteiger partial charge in [-0.05, 0) is 38.9 Å². The van der Waals surface area contributed by atoms with Gasteiger partial charge >= 0.3 is 5.97 Å². The summed E-state index contributed by atoms with van der Waals surface area (Å²) < 4.78 is 5.27. The molecule has 0 bridgehead atoms. The van der Waals surface area contributed by atoms with Crippen LogP contribution in [0.5, 0.6) is 5.75 Å². The number of hydrogen-bond donors (Lipinski definition) is 2. The normalized spacial score (nSPS) is 14.0. The fourth-order valence-electron chi connectivity index (χ4n) is 1.87. The lowest BCUT2D eigenvalue weighted by atomic mass is 9.90. The minimum Gasteiger partial charge on any atom is -0.496 e. The van der Waals surface area contributed by atoms with E-state index in [2.05, 4.69) is 5.32 Å². The predicted octanol–water partition coefficient (Wildman–Crippen LogP) is 2.30. The van der Waals surface area contributed by atoms with Crippen molar-refractivity contribution >= 4 is 5.97 Å². The molecule has 100 valence electrons. The Morgan fingerprint density at radius 1 is 1.50 bits per heavy atom. The molecule has 0 aliphatic heterocycles. The van der Waals surface area contributed by atoms with Crippen LogP contribution in [0.25, 0.3) is 0 Å². The molecule has 0 radical (unpaired) electrons. The van der Waals surface area contributed by atoms with E-state index in [1.54, 1.807) is 20.1 Å². The van der Waals surface area contributed by atoms with Crippen molar-refractivity contribution in [2.45, 2.75) is 32.7 Å². The first-order valence-corrected chi connectivity index (χ1v) is 6.09. The SMILES string of the molecule is CCCNC(C)(C(=O)O)c1cc(C)ccc1OC. The lowest BCUT2D eigenvalue weighted by molar-refractivity contribution is -0.144. The third-order valence-corrected chi connectivity index (χ3v) is 3.05.